The van der Waals surface area contributed by atoms with Gasteiger partial charge in [-0.1, -0.05) is 11.3 Å². The number of carboxylic acids is 1. The van der Waals surface area contributed by atoms with E-state index in [0.29, 0.717) is 5.13 Å². The molecule has 0 bridgehead atoms. The minimum Gasteiger partial charge on any atom is -0.481 e. The van der Waals surface area contributed by atoms with Gasteiger partial charge < -0.3 is 10.4 Å². The lowest BCUT2D eigenvalue weighted by Gasteiger charge is -2.05. The minimum atomic E-state index is -0.739. The van der Waals surface area contributed by atoms with Gasteiger partial charge >= 0.3 is 5.97 Å². The first-order valence-corrected chi connectivity index (χ1v) is 6.69. The van der Waals surface area contributed by atoms with Gasteiger partial charge in [-0.25, -0.2) is 0 Å². The molecule has 0 saturated heterocycles. The standard InChI is InChI=1S/C11H15N3O3S/c1-6(15)12-11-14-13-10(18-11)8-3-2-7(4-8)5-9(16)17/h7-8H,2-5H2,1H3,(H,16,17)(H,12,14,15). The van der Waals surface area contributed by atoms with Crippen LogP contribution >= 0.6 is 11.3 Å². The fourth-order valence-electron chi connectivity index (χ4n) is 2.33. The van der Waals surface area contributed by atoms with Crippen LogP contribution < -0.4 is 5.32 Å². The van der Waals surface area contributed by atoms with Crippen LogP contribution in [0.1, 0.15) is 43.5 Å². The van der Waals surface area contributed by atoms with Gasteiger partial charge in [-0.15, -0.1) is 10.2 Å². The summed E-state index contributed by atoms with van der Waals surface area (Å²) >= 11 is 1.38. The van der Waals surface area contributed by atoms with E-state index < -0.39 is 5.97 Å². The lowest BCUT2D eigenvalue weighted by atomic mass is 10.0. The van der Waals surface area contributed by atoms with Crippen molar-refractivity contribution in [3.63, 3.8) is 0 Å². The average Bonchev–Trinajstić information content (AvgIpc) is 2.85. The second-order valence-corrected chi connectivity index (χ2v) is 5.61. The number of nitrogens with zero attached hydrogens (tertiary/aromatic N) is 2. The Morgan fingerprint density at radius 3 is 2.89 bits per heavy atom. The highest BCUT2D eigenvalue weighted by Crippen LogP contribution is 2.41. The van der Waals surface area contributed by atoms with Gasteiger partial charge in [0.15, 0.2) is 0 Å². The molecule has 1 saturated carbocycles. The normalized spacial score (nSPS) is 22.9. The number of rotatable bonds is 4. The number of amides is 1. The lowest BCUT2D eigenvalue weighted by Crippen LogP contribution is -2.04. The average molecular weight is 269 g/mol. The maximum absolute atomic E-state index is 10.9. The fourth-order valence-corrected chi connectivity index (χ4v) is 3.27. The van der Waals surface area contributed by atoms with Crippen LogP contribution in [0.5, 0.6) is 0 Å². The van der Waals surface area contributed by atoms with Crippen molar-refractivity contribution in [1.82, 2.24) is 10.2 Å². The van der Waals surface area contributed by atoms with Crippen molar-refractivity contribution in [2.45, 2.75) is 38.5 Å². The summed E-state index contributed by atoms with van der Waals surface area (Å²) in [6, 6.07) is 0. The van der Waals surface area contributed by atoms with Crippen LogP contribution in [-0.4, -0.2) is 27.2 Å². The molecule has 1 amide bonds. The summed E-state index contributed by atoms with van der Waals surface area (Å²) in [5, 5.41) is 20.8. The molecule has 2 unspecified atom stereocenters. The summed E-state index contributed by atoms with van der Waals surface area (Å²) in [5.41, 5.74) is 0. The van der Waals surface area contributed by atoms with E-state index in [1.165, 1.54) is 18.3 Å². The third kappa shape index (κ3) is 3.25. The molecular weight excluding hydrogens is 254 g/mol. The fraction of sp³-hybridized carbons (Fsp3) is 0.636. The number of carbonyl (C=O) groups is 2. The molecule has 0 radical (unpaired) electrons. The highest BCUT2D eigenvalue weighted by Gasteiger charge is 2.29. The van der Waals surface area contributed by atoms with Crippen LogP contribution in [0.2, 0.25) is 0 Å². The summed E-state index contributed by atoms with van der Waals surface area (Å²) in [6.45, 7) is 1.43. The quantitative estimate of drug-likeness (QED) is 0.870. The van der Waals surface area contributed by atoms with E-state index in [1.54, 1.807) is 0 Å². The van der Waals surface area contributed by atoms with E-state index in [9.17, 15) is 9.59 Å². The van der Waals surface area contributed by atoms with Crippen molar-refractivity contribution in [3.8, 4) is 0 Å². The van der Waals surface area contributed by atoms with Crippen molar-refractivity contribution in [3.05, 3.63) is 5.01 Å². The zero-order chi connectivity index (χ0) is 13.1. The molecule has 6 nitrogen and oxygen atoms in total. The van der Waals surface area contributed by atoms with Crippen molar-refractivity contribution < 1.29 is 14.7 Å². The summed E-state index contributed by atoms with van der Waals surface area (Å²) in [6.07, 6.45) is 2.95. The molecular formula is C11H15N3O3S. The topological polar surface area (TPSA) is 92.2 Å². The molecule has 7 heteroatoms. The molecule has 0 aliphatic heterocycles. The Morgan fingerprint density at radius 2 is 2.22 bits per heavy atom. The van der Waals surface area contributed by atoms with E-state index in [-0.39, 0.29) is 24.2 Å². The lowest BCUT2D eigenvalue weighted by molar-refractivity contribution is -0.138. The Balaban J connectivity index is 1.94. The van der Waals surface area contributed by atoms with E-state index in [4.69, 9.17) is 5.11 Å². The molecule has 1 aliphatic carbocycles. The monoisotopic (exact) mass is 269 g/mol. The molecule has 1 heterocycles. The van der Waals surface area contributed by atoms with Crippen molar-refractivity contribution in [1.29, 1.82) is 0 Å². The van der Waals surface area contributed by atoms with Crippen molar-refractivity contribution in [2.24, 2.45) is 5.92 Å². The van der Waals surface area contributed by atoms with Gasteiger partial charge in [-0.2, -0.15) is 0 Å². The van der Waals surface area contributed by atoms with Crippen LogP contribution in [0, 0.1) is 5.92 Å². The molecule has 1 aromatic heterocycles. The van der Waals surface area contributed by atoms with Gasteiger partial charge in [0.05, 0.1) is 0 Å². The number of aromatic nitrogens is 2. The van der Waals surface area contributed by atoms with Gasteiger partial charge in [-0.3, -0.25) is 9.59 Å². The molecule has 1 aromatic rings. The van der Waals surface area contributed by atoms with Crippen LogP contribution in [-0.2, 0) is 9.59 Å². The maximum Gasteiger partial charge on any atom is 0.303 e. The van der Waals surface area contributed by atoms with E-state index in [2.05, 4.69) is 15.5 Å². The second-order valence-electron chi connectivity index (χ2n) is 4.60. The SMILES string of the molecule is CC(=O)Nc1nnc(C2CCC(CC(=O)O)C2)s1. The highest BCUT2D eigenvalue weighted by molar-refractivity contribution is 7.15. The predicted molar refractivity (Wildman–Crippen MR) is 66.5 cm³/mol. The zero-order valence-electron chi connectivity index (χ0n) is 10.0. The van der Waals surface area contributed by atoms with Crippen LogP contribution in [0.25, 0.3) is 0 Å². The number of anilines is 1. The zero-order valence-corrected chi connectivity index (χ0v) is 10.9. The molecule has 2 rings (SSSR count). The van der Waals surface area contributed by atoms with Crippen molar-refractivity contribution in [2.75, 3.05) is 5.32 Å². The summed E-state index contributed by atoms with van der Waals surface area (Å²) in [7, 11) is 0. The Bertz CT molecular complexity index is 460. The van der Waals surface area contributed by atoms with Gasteiger partial charge in [-0.05, 0) is 25.2 Å². The third-order valence-electron chi connectivity index (χ3n) is 3.08. The summed E-state index contributed by atoms with van der Waals surface area (Å²) < 4.78 is 0. The molecule has 2 N–H and O–H groups in total. The number of carbonyl (C=O) groups excluding carboxylic acids is 1. The van der Waals surface area contributed by atoms with Gasteiger partial charge in [0.2, 0.25) is 11.0 Å². The Labute approximate surface area is 108 Å². The van der Waals surface area contributed by atoms with Gasteiger partial charge in [0, 0.05) is 19.3 Å². The minimum absolute atomic E-state index is 0.159. The molecule has 1 fully saturated rings. The molecule has 18 heavy (non-hydrogen) atoms. The summed E-state index contributed by atoms with van der Waals surface area (Å²) in [4.78, 5) is 21.5. The second kappa shape index (κ2) is 5.43. The largest absolute Gasteiger partial charge is 0.481 e. The first kappa shape index (κ1) is 12.9. The Morgan fingerprint density at radius 1 is 1.44 bits per heavy atom. The first-order chi connectivity index (χ1) is 8.54. The Hall–Kier alpha value is -1.50. The molecule has 0 spiro atoms. The number of carboxylic acid groups (broad SMARTS) is 1. The predicted octanol–water partition coefficient (Wildman–Crippen LogP) is 1.85. The van der Waals surface area contributed by atoms with Crippen LogP contribution in [0.15, 0.2) is 0 Å². The van der Waals surface area contributed by atoms with Crippen molar-refractivity contribution >= 4 is 28.3 Å². The number of nitrogens with one attached hydrogen (secondary N) is 1. The summed E-state index contributed by atoms with van der Waals surface area (Å²) in [5.74, 6) is -0.375. The molecule has 0 aromatic carbocycles. The van der Waals surface area contributed by atoms with E-state index in [0.717, 1.165) is 24.3 Å². The van der Waals surface area contributed by atoms with Crippen LogP contribution in [0.3, 0.4) is 0 Å². The molecule has 2 atom stereocenters. The smallest absolute Gasteiger partial charge is 0.303 e. The molecule has 1 aliphatic rings. The van der Waals surface area contributed by atoms with Crippen LogP contribution in [0.4, 0.5) is 5.13 Å². The Kier molecular flexibility index (Phi) is 3.90. The number of hydrogen-bond acceptors (Lipinski definition) is 5. The first-order valence-electron chi connectivity index (χ1n) is 5.87. The van der Waals surface area contributed by atoms with E-state index >= 15 is 0 Å². The third-order valence-corrected chi connectivity index (χ3v) is 4.08. The number of hydrogen-bond donors (Lipinski definition) is 2. The van der Waals surface area contributed by atoms with E-state index in [1.807, 2.05) is 0 Å². The number of aliphatic carboxylic acids is 1. The van der Waals surface area contributed by atoms with Gasteiger partial charge in [0.25, 0.3) is 0 Å². The molecule has 98 valence electrons. The highest BCUT2D eigenvalue weighted by atomic mass is 32.1. The maximum atomic E-state index is 10.9. The van der Waals surface area contributed by atoms with Gasteiger partial charge in [0.1, 0.15) is 5.01 Å².